The third-order valence-corrected chi connectivity index (χ3v) is 3.55. The summed E-state index contributed by atoms with van der Waals surface area (Å²) >= 11 is 6.76. The predicted molar refractivity (Wildman–Crippen MR) is 64.1 cm³/mol. The van der Waals surface area contributed by atoms with Crippen molar-refractivity contribution in [1.29, 1.82) is 0 Å². The van der Waals surface area contributed by atoms with Crippen LogP contribution in [0, 0.1) is 11.6 Å². The molecule has 0 aliphatic rings. The second-order valence-electron chi connectivity index (χ2n) is 3.22. The number of halogens is 3. The van der Waals surface area contributed by atoms with E-state index >= 15 is 0 Å². The van der Waals surface area contributed by atoms with E-state index in [9.17, 15) is 8.78 Å². The van der Waals surface area contributed by atoms with E-state index in [0.29, 0.717) is 9.92 Å². The van der Waals surface area contributed by atoms with Gasteiger partial charge in [0.25, 0.3) is 0 Å². The third kappa shape index (κ3) is 2.68. The molecule has 1 aromatic heterocycles. The summed E-state index contributed by atoms with van der Waals surface area (Å²) in [5.41, 5.74) is 5.37. The molecular formula is C11H7ClF2N2S. The number of hydrogen-bond acceptors (Lipinski definition) is 3. The second kappa shape index (κ2) is 4.89. The Morgan fingerprint density at radius 2 is 1.88 bits per heavy atom. The number of rotatable bonds is 2. The van der Waals surface area contributed by atoms with Gasteiger partial charge in [0.2, 0.25) is 0 Å². The van der Waals surface area contributed by atoms with Gasteiger partial charge in [-0.25, -0.2) is 8.78 Å². The van der Waals surface area contributed by atoms with E-state index in [1.165, 1.54) is 12.4 Å². The first-order chi connectivity index (χ1) is 8.08. The molecule has 2 nitrogen and oxygen atoms in total. The molecule has 88 valence electrons. The fraction of sp³-hybridized carbons (Fsp3) is 0. The summed E-state index contributed by atoms with van der Waals surface area (Å²) < 4.78 is 27.1. The largest absolute Gasteiger partial charge is 0.399 e. The molecule has 0 aliphatic carbocycles. The van der Waals surface area contributed by atoms with Gasteiger partial charge in [0.1, 0.15) is 11.6 Å². The van der Waals surface area contributed by atoms with Gasteiger partial charge in [0.05, 0.1) is 9.92 Å². The molecule has 17 heavy (non-hydrogen) atoms. The fourth-order valence-electron chi connectivity index (χ4n) is 1.23. The molecule has 0 spiro atoms. The van der Waals surface area contributed by atoms with Crippen molar-refractivity contribution in [2.75, 3.05) is 5.73 Å². The SMILES string of the molecule is Nc1cc(F)c(Sc2ccncc2Cl)c(F)c1. The first kappa shape index (κ1) is 12.1. The molecular weight excluding hydrogens is 266 g/mol. The van der Waals surface area contributed by atoms with Crippen molar-refractivity contribution >= 4 is 29.1 Å². The average molecular weight is 273 g/mol. The molecule has 0 saturated heterocycles. The third-order valence-electron chi connectivity index (χ3n) is 1.97. The Balaban J connectivity index is 2.40. The van der Waals surface area contributed by atoms with Crippen molar-refractivity contribution in [1.82, 2.24) is 4.98 Å². The van der Waals surface area contributed by atoms with Crippen LogP contribution in [0.5, 0.6) is 0 Å². The number of nitrogens with zero attached hydrogens (tertiary/aromatic N) is 1. The lowest BCUT2D eigenvalue weighted by Crippen LogP contribution is -1.93. The summed E-state index contributed by atoms with van der Waals surface area (Å²) in [4.78, 5) is 4.19. The van der Waals surface area contributed by atoms with Crippen molar-refractivity contribution < 1.29 is 8.78 Å². The Labute approximate surface area is 106 Å². The summed E-state index contributed by atoms with van der Waals surface area (Å²) in [7, 11) is 0. The lowest BCUT2D eigenvalue weighted by molar-refractivity contribution is 0.542. The Morgan fingerprint density at radius 1 is 1.24 bits per heavy atom. The van der Waals surface area contributed by atoms with Crippen LogP contribution in [0.25, 0.3) is 0 Å². The van der Waals surface area contributed by atoms with Crippen LogP contribution in [-0.4, -0.2) is 4.98 Å². The standard InChI is InChI=1S/C11H7ClF2N2S/c12-7-5-16-2-1-10(7)17-11-8(13)3-6(15)4-9(11)14/h1-5H,15H2. The number of nitrogen functional groups attached to an aromatic ring is 1. The van der Waals surface area contributed by atoms with Crippen molar-refractivity contribution in [2.24, 2.45) is 0 Å². The zero-order valence-electron chi connectivity index (χ0n) is 8.45. The summed E-state index contributed by atoms with van der Waals surface area (Å²) in [6.07, 6.45) is 2.92. The number of aromatic nitrogens is 1. The van der Waals surface area contributed by atoms with Crippen molar-refractivity contribution in [2.45, 2.75) is 9.79 Å². The van der Waals surface area contributed by atoms with E-state index in [1.807, 2.05) is 0 Å². The Bertz CT molecular complexity index is 540. The summed E-state index contributed by atoms with van der Waals surface area (Å²) in [5, 5.41) is 0.341. The van der Waals surface area contributed by atoms with Crippen LogP contribution in [0.1, 0.15) is 0 Å². The highest BCUT2D eigenvalue weighted by atomic mass is 35.5. The van der Waals surface area contributed by atoms with Gasteiger partial charge >= 0.3 is 0 Å². The highest BCUT2D eigenvalue weighted by Crippen LogP contribution is 2.36. The minimum absolute atomic E-state index is 0.0465. The maximum atomic E-state index is 13.5. The highest BCUT2D eigenvalue weighted by Gasteiger charge is 2.13. The van der Waals surface area contributed by atoms with Gasteiger partial charge in [0.15, 0.2) is 0 Å². The van der Waals surface area contributed by atoms with Gasteiger partial charge in [-0.2, -0.15) is 0 Å². The minimum Gasteiger partial charge on any atom is -0.399 e. The maximum absolute atomic E-state index is 13.5. The van der Waals surface area contributed by atoms with Crippen LogP contribution >= 0.6 is 23.4 Å². The lowest BCUT2D eigenvalue weighted by atomic mass is 10.3. The van der Waals surface area contributed by atoms with Crippen LogP contribution in [0.15, 0.2) is 40.4 Å². The number of anilines is 1. The predicted octanol–water partition coefficient (Wildman–Crippen LogP) is 3.75. The van der Waals surface area contributed by atoms with Gasteiger partial charge in [-0.15, -0.1) is 0 Å². The number of benzene rings is 1. The molecule has 0 fully saturated rings. The molecule has 2 N–H and O–H groups in total. The molecule has 1 heterocycles. The molecule has 0 aliphatic heterocycles. The zero-order valence-corrected chi connectivity index (χ0v) is 10.0. The molecule has 1 aromatic carbocycles. The Hall–Kier alpha value is -1.33. The lowest BCUT2D eigenvalue weighted by Gasteiger charge is -2.06. The van der Waals surface area contributed by atoms with Crippen LogP contribution < -0.4 is 5.73 Å². The summed E-state index contributed by atoms with van der Waals surface area (Å²) in [5.74, 6) is -1.42. The zero-order chi connectivity index (χ0) is 12.4. The average Bonchev–Trinajstić information content (AvgIpc) is 2.25. The topological polar surface area (TPSA) is 38.9 Å². The van der Waals surface area contributed by atoms with Gasteiger partial charge in [-0.1, -0.05) is 23.4 Å². The number of nitrogens with two attached hydrogens (primary N) is 1. The number of pyridine rings is 1. The normalized spacial score (nSPS) is 10.5. The molecule has 0 atom stereocenters. The van der Waals surface area contributed by atoms with Gasteiger partial charge in [-0.05, 0) is 18.2 Å². The van der Waals surface area contributed by atoms with Crippen molar-refractivity contribution in [3.63, 3.8) is 0 Å². The molecule has 0 bridgehead atoms. The van der Waals surface area contributed by atoms with E-state index < -0.39 is 11.6 Å². The van der Waals surface area contributed by atoms with Gasteiger partial charge < -0.3 is 5.73 Å². The second-order valence-corrected chi connectivity index (χ2v) is 4.68. The fourth-order valence-corrected chi connectivity index (χ4v) is 2.28. The van der Waals surface area contributed by atoms with E-state index in [1.54, 1.807) is 6.07 Å². The monoisotopic (exact) mass is 272 g/mol. The molecule has 0 saturated carbocycles. The molecule has 2 rings (SSSR count). The molecule has 0 unspecified atom stereocenters. The quantitative estimate of drug-likeness (QED) is 0.847. The van der Waals surface area contributed by atoms with Crippen LogP contribution in [0.4, 0.5) is 14.5 Å². The van der Waals surface area contributed by atoms with Crippen LogP contribution in [0.3, 0.4) is 0 Å². The Kier molecular flexibility index (Phi) is 3.49. The summed E-state index contributed by atoms with van der Waals surface area (Å²) in [6, 6.07) is 3.73. The summed E-state index contributed by atoms with van der Waals surface area (Å²) in [6.45, 7) is 0. The Morgan fingerprint density at radius 3 is 2.47 bits per heavy atom. The maximum Gasteiger partial charge on any atom is 0.142 e. The van der Waals surface area contributed by atoms with Crippen LogP contribution in [-0.2, 0) is 0 Å². The first-order valence-corrected chi connectivity index (χ1v) is 5.79. The van der Waals surface area contributed by atoms with E-state index in [0.717, 1.165) is 23.9 Å². The smallest absolute Gasteiger partial charge is 0.142 e. The first-order valence-electron chi connectivity index (χ1n) is 4.60. The van der Waals surface area contributed by atoms with E-state index in [2.05, 4.69) is 4.98 Å². The highest BCUT2D eigenvalue weighted by molar-refractivity contribution is 7.99. The van der Waals surface area contributed by atoms with E-state index in [4.69, 9.17) is 17.3 Å². The number of hydrogen-bond donors (Lipinski definition) is 1. The molecule has 2 aromatic rings. The molecule has 0 amide bonds. The van der Waals surface area contributed by atoms with Gasteiger partial charge in [0, 0.05) is 23.0 Å². The van der Waals surface area contributed by atoms with Crippen LogP contribution in [0.2, 0.25) is 5.02 Å². The minimum atomic E-state index is -0.708. The molecule has 6 heteroatoms. The van der Waals surface area contributed by atoms with Crippen molar-refractivity contribution in [3.8, 4) is 0 Å². The van der Waals surface area contributed by atoms with Crippen molar-refractivity contribution in [3.05, 3.63) is 47.2 Å². The van der Waals surface area contributed by atoms with Gasteiger partial charge in [-0.3, -0.25) is 4.98 Å². The van der Waals surface area contributed by atoms with E-state index in [-0.39, 0.29) is 10.6 Å². The molecule has 0 radical (unpaired) electrons.